The summed E-state index contributed by atoms with van der Waals surface area (Å²) in [5, 5.41) is 3.39. The molecule has 0 bridgehead atoms. The zero-order chi connectivity index (χ0) is 13.9. The van der Waals surface area contributed by atoms with Crippen molar-refractivity contribution in [3.8, 4) is 5.75 Å². The number of nitrogens with one attached hydrogen (secondary N) is 1. The van der Waals surface area contributed by atoms with Crippen LogP contribution in [-0.2, 0) is 5.41 Å². The van der Waals surface area contributed by atoms with Crippen LogP contribution in [-0.4, -0.2) is 20.7 Å². The lowest BCUT2D eigenvalue weighted by Gasteiger charge is -2.49. The molecule has 0 aliphatic heterocycles. The van der Waals surface area contributed by atoms with Gasteiger partial charge in [-0.1, -0.05) is 37.5 Å². The second-order valence-electron chi connectivity index (χ2n) is 6.08. The van der Waals surface area contributed by atoms with Crippen LogP contribution in [0, 0.1) is 12.8 Å². The Morgan fingerprint density at radius 3 is 2.68 bits per heavy atom. The molecule has 0 saturated heterocycles. The molecule has 2 heteroatoms. The molecule has 1 fully saturated rings. The zero-order valence-electron chi connectivity index (χ0n) is 12.8. The molecule has 0 atom stereocenters. The molecule has 1 aliphatic rings. The molecule has 0 aromatic heterocycles. The van der Waals surface area contributed by atoms with Gasteiger partial charge >= 0.3 is 0 Å². The molecule has 0 amide bonds. The number of ether oxygens (including phenoxy) is 1. The van der Waals surface area contributed by atoms with E-state index in [0.29, 0.717) is 0 Å². The van der Waals surface area contributed by atoms with Gasteiger partial charge in [-0.05, 0) is 38.8 Å². The molecule has 106 valence electrons. The van der Waals surface area contributed by atoms with E-state index >= 15 is 0 Å². The summed E-state index contributed by atoms with van der Waals surface area (Å²) in [6, 6.07) is 6.57. The summed E-state index contributed by atoms with van der Waals surface area (Å²) in [7, 11) is 3.83. The maximum Gasteiger partial charge on any atom is 0.122 e. The Hall–Kier alpha value is -1.02. The Balaban J connectivity index is 2.28. The summed E-state index contributed by atoms with van der Waals surface area (Å²) in [4.78, 5) is 0. The van der Waals surface area contributed by atoms with Crippen molar-refractivity contribution in [2.75, 3.05) is 20.7 Å². The third-order valence-corrected chi connectivity index (χ3v) is 4.50. The van der Waals surface area contributed by atoms with E-state index in [1.165, 1.54) is 36.8 Å². The van der Waals surface area contributed by atoms with E-state index in [0.717, 1.165) is 18.2 Å². The molecule has 0 unspecified atom stereocenters. The highest BCUT2D eigenvalue weighted by Gasteiger charge is 2.45. The van der Waals surface area contributed by atoms with Crippen LogP contribution in [0.25, 0.3) is 0 Å². The fourth-order valence-electron chi connectivity index (χ4n) is 3.69. The van der Waals surface area contributed by atoms with Gasteiger partial charge in [-0.2, -0.15) is 0 Å². The van der Waals surface area contributed by atoms with Gasteiger partial charge in [0.1, 0.15) is 5.75 Å². The van der Waals surface area contributed by atoms with Gasteiger partial charge in [0, 0.05) is 17.5 Å². The van der Waals surface area contributed by atoms with Crippen LogP contribution in [0.15, 0.2) is 18.2 Å². The number of benzene rings is 1. The monoisotopic (exact) mass is 261 g/mol. The summed E-state index contributed by atoms with van der Waals surface area (Å²) in [5.74, 6) is 1.94. The Labute approximate surface area is 117 Å². The van der Waals surface area contributed by atoms with Crippen molar-refractivity contribution in [1.29, 1.82) is 0 Å². The molecule has 2 rings (SSSR count). The van der Waals surface area contributed by atoms with E-state index in [1.807, 2.05) is 0 Å². The highest BCUT2D eigenvalue weighted by Crippen LogP contribution is 2.51. The average molecular weight is 261 g/mol. The minimum absolute atomic E-state index is 0.284. The fourth-order valence-corrected chi connectivity index (χ4v) is 3.69. The summed E-state index contributed by atoms with van der Waals surface area (Å²) >= 11 is 0. The van der Waals surface area contributed by atoms with Crippen molar-refractivity contribution in [1.82, 2.24) is 5.32 Å². The Kier molecular flexibility index (Phi) is 4.51. The van der Waals surface area contributed by atoms with Crippen LogP contribution in [0.4, 0.5) is 0 Å². The molecular formula is C17H27NO. The smallest absolute Gasteiger partial charge is 0.122 e. The van der Waals surface area contributed by atoms with Crippen molar-refractivity contribution in [2.45, 2.75) is 44.9 Å². The van der Waals surface area contributed by atoms with E-state index < -0.39 is 0 Å². The number of hydrogen-bond donors (Lipinski definition) is 1. The second kappa shape index (κ2) is 5.96. The highest BCUT2D eigenvalue weighted by molar-refractivity contribution is 5.44. The number of rotatable bonds is 6. The van der Waals surface area contributed by atoms with Gasteiger partial charge in [0.05, 0.1) is 7.11 Å². The van der Waals surface area contributed by atoms with Crippen molar-refractivity contribution in [3.63, 3.8) is 0 Å². The highest BCUT2D eigenvalue weighted by atomic mass is 16.5. The van der Waals surface area contributed by atoms with Crippen molar-refractivity contribution in [3.05, 3.63) is 29.3 Å². The largest absolute Gasteiger partial charge is 0.496 e. The van der Waals surface area contributed by atoms with Gasteiger partial charge in [-0.3, -0.25) is 0 Å². The molecule has 1 N–H and O–H groups in total. The summed E-state index contributed by atoms with van der Waals surface area (Å²) in [6.07, 6.45) is 5.24. The summed E-state index contributed by atoms with van der Waals surface area (Å²) in [5.41, 5.74) is 3.01. The standard InChI is InChI=1S/C17H27NO/c1-5-6-14-10-17(11-14,12-18-3)15-9-13(2)7-8-16(15)19-4/h7-9,14,18H,5-6,10-12H2,1-4H3. The average Bonchev–Trinajstić information content (AvgIpc) is 2.36. The lowest BCUT2D eigenvalue weighted by molar-refractivity contribution is 0.127. The van der Waals surface area contributed by atoms with Crippen molar-refractivity contribution in [2.24, 2.45) is 5.92 Å². The molecular weight excluding hydrogens is 234 g/mol. The maximum atomic E-state index is 5.60. The van der Waals surface area contributed by atoms with Gasteiger partial charge < -0.3 is 10.1 Å². The molecule has 0 radical (unpaired) electrons. The predicted molar refractivity (Wildman–Crippen MR) is 81.0 cm³/mol. The first-order valence-corrected chi connectivity index (χ1v) is 7.45. The van der Waals surface area contributed by atoms with Crippen LogP contribution in [0.3, 0.4) is 0 Å². The van der Waals surface area contributed by atoms with Gasteiger partial charge in [0.15, 0.2) is 0 Å². The molecule has 1 saturated carbocycles. The first-order chi connectivity index (χ1) is 9.15. The van der Waals surface area contributed by atoms with E-state index in [4.69, 9.17) is 4.74 Å². The van der Waals surface area contributed by atoms with Crippen LogP contribution in [0.5, 0.6) is 5.75 Å². The topological polar surface area (TPSA) is 21.3 Å². The molecule has 1 aromatic carbocycles. The first-order valence-electron chi connectivity index (χ1n) is 7.45. The van der Waals surface area contributed by atoms with Gasteiger partial charge in [0.25, 0.3) is 0 Å². The first kappa shape index (κ1) is 14.4. The summed E-state index contributed by atoms with van der Waals surface area (Å²) < 4.78 is 5.60. The lowest BCUT2D eigenvalue weighted by atomic mass is 9.57. The predicted octanol–water partition coefficient (Wildman–Crippen LogP) is 3.67. The van der Waals surface area contributed by atoms with Crippen molar-refractivity contribution < 1.29 is 4.74 Å². The Bertz CT molecular complexity index is 421. The summed E-state index contributed by atoms with van der Waals surface area (Å²) in [6.45, 7) is 5.50. The number of likely N-dealkylation sites (N-methyl/N-ethyl adjacent to an activating group) is 1. The molecule has 1 aliphatic carbocycles. The van der Waals surface area contributed by atoms with Crippen molar-refractivity contribution >= 4 is 0 Å². The Morgan fingerprint density at radius 2 is 2.11 bits per heavy atom. The van der Waals surface area contributed by atoms with Gasteiger partial charge in [-0.15, -0.1) is 0 Å². The van der Waals surface area contributed by atoms with Gasteiger partial charge in [-0.25, -0.2) is 0 Å². The quantitative estimate of drug-likeness (QED) is 0.843. The third kappa shape index (κ3) is 2.79. The molecule has 0 heterocycles. The fraction of sp³-hybridized carbons (Fsp3) is 0.647. The minimum Gasteiger partial charge on any atom is -0.496 e. The molecule has 2 nitrogen and oxygen atoms in total. The van der Waals surface area contributed by atoms with Crippen LogP contribution in [0.1, 0.15) is 43.7 Å². The lowest BCUT2D eigenvalue weighted by Crippen LogP contribution is -2.48. The van der Waals surface area contributed by atoms with Crippen LogP contribution < -0.4 is 10.1 Å². The zero-order valence-corrected chi connectivity index (χ0v) is 12.8. The minimum atomic E-state index is 0.284. The molecule has 19 heavy (non-hydrogen) atoms. The number of aryl methyl sites for hydroxylation is 1. The molecule has 1 aromatic rings. The normalized spacial score (nSPS) is 26.0. The van der Waals surface area contributed by atoms with E-state index in [1.54, 1.807) is 7.11 Å². The van der Waals surface area contributed by atoms with E-state index in [-0.39, 0.29) is 5.41 Å². The molecule has 0 spiro atoms. The Morgan fingerprint density at radius 1 is 1.37 bits per heavy atom. The van der Waals surface area contributed by atoms with E-state index in [2.05, 4.69) is 44.4 Å². The van der Waals surface area contributed by atoms with Crippen LogP contribution >= 0.6 is 0 Å². The number of hydrogen-bond acceptors (Lipinski definition) is 2. The SMILES string of the molecule is CCCC1CC(CNC)(c2cc(C)ccc2OC)C1. The second-order valence-corrected chi connectivity index (χ2v) is 6.08. The van der Waals surface area contributed by atoms with Crippen LogP contribution in [0.2, 0.25) is 0 Å². The third-order valence-electron chi connectivity index (χ3n) is 4.50. The number of methoxy groups -OCH3 is 1. The maximum absolute atomic E-state index is 5.60. The van der Waals surface area contributed by atoms with E-state index in [9.17, 15) is 0 Å². The van der Waals surface area contributed by atoms with Gasteiger partial charge in [0.2, 0.25) is 0 Å².